The second-order valence-electron chi connectivity index (χ2n) is 2.64. The maximum atomic E-state index is 3.95. The number of hydrogen-bond donors (Lipinski definition) is 0. The molecule has 0 aliphatic carbocycles. The van der Waals surface area contributed by atoms with E-state index in [2.05, 4.69) is 44.5 Å². The van der Waals surface area contributed by atoms with Gasteiger partial charge in [-0.2, -0.15) is 0 Å². The Kier molecular flexibility index (Phi) is 2.65. The van der Waals surface area contributed by atoms with E-state index in [-0.39, 0.29) is 0 Å². The van der Waals surface area contributed by atoms with Crippen molar-refractivity contribution < 1.29 is 0 Å². The molecule has 1 atom stereocenters. The zero-order valence-electron chi connectivity index (χ0n) is 7.00. The van der Waals surface area contributed by atoms with Crippen LogP contribution in [0.1, 0.15) is 32.1 Å². The number of halogens is 1. The van der Waals surface area contributed by atoms with Crippen LogP contribution in [0.4, 0.5) is 0 Å². The summed E-state index contributed by atoms with van der Waals surface area (Å²) in [5, 5.41) is 7.87. The Morgan fingerprint density at radius 2 is 2.18 bits per heavy atom. The second kappa shape index (κ2) is 3.34. The first kappa shape index (κ1) is 8.71. The summed E-state index contributed by atoms with van der Waals surface area (Å²) < 4.78 is 2.91. The predicted molar refractivity (Wildman–Crippen MR) is 47.5 cm³/mol. The van der Waals surface area contributed by atoms with Crippen molar-refractivity contribution in [3.8, 4) is 0 Å². The standard InChI is InChI=1S/C7H12BrN3/c1-4-5(2)11-6(3)9-10-7(11)8/h5H,4H2,1-3H3. The molecule has 0 aliphatic rings. The Bertz CT molecular complexity index is 224. The van der Waals surface area contributed by atoms with E-state index in [1.54, 1.807) is 0 Å². The second-order valence-corrected chi connectivity index (χ2v) is 3.35. The molecule has 0 saturated heterocycles. The highest BCUT2D eigenvalue weighted by molar-refractivity contribution is 9.10. The molecule has 1 rings (SSSR count). The molecule has 0 radical (unpaired) electrons. The van der Waals surface area contributed by atoms with Crippen molar-refractivity contribution in [3.63, 3.8) is 0 Å². The van der Waals surface area contributed by atoms with Gasteiger partial charge < -0.3 is 4.57 Å². The average Bonchev–Trinajstić information content (AvgIpc) is 2.30. The highest BCUT2D eigenvalue weighted by Crippen LogP contribution is 2.18. The third-order valence-corrected chi connectivity index (χ3v) is 2.40. The van der Waals surface area contributed by atoms with E-state index in [1.165, 1.54) is 0 Å². The van der Waals surface area contributed by atoms with Crippen molar-refractivity contribution >= 4 is 15.9 Å². The zero-order valence-corrected chi connectivity index (χ0v) is 8.59. The molecule has 0 aliphatic heterocycles. The molecular weight excluding hydrogens is 206 g/mol. The van der Waals surface area contributed by atoms with E-state index in [4.69, 9.17) is 0 Å². The van der Waals surface area contributed by atoms with Gasteiger partial charge in [0.1, 0.15) is 5.82 Å². The highest BCUT2D eigenvalue weighted by atomic mass is 79.9. The minimum Gasteiger partial charge on any atom is -0.303 e. The molecule has 0 amide bonds. The van der Waals surface area contributed by atoms with E-state index < -0.39 is 0 Å². The van der Waals surface area contributed by atoms with E-state index in [9.17, 15) is 0 Å². The molecular formula is C7H12BrN3. The van der Waals surface area contributed by atoms with Crippen molar-refractivity contribution in [3.05, 3.63) is 10.6 Å². The van der Waals surface area contributed by atoms with Gasteiger partial charge in [0, 0.05) is 6.04 Å². The Labute approximate surface area is 75.0 Å². The van der Waals surface area contributed by atoms with Gasteiger partial charge in [-0.05, 0) is 36.2 Å². The summed E-state index contributed by atoms with van der Waals surface area (Å²) in [6, 6.07) is 0.472. The van der Waals surface area contributed by atoms with Crippen LogP contribution in [0, 0.1) is 6.92 Å². The maximum absolute atomic E-state index is 3.95. The lowest BCUT2D eigenvalue weighted by Crippen LogP contribution is -2.05. The van der Waals surface area contributed by atoms with Crippen LogP contribution in [-0.4, -0.2) is 14.8 Å². The van der Waals surface area contributed by atoms with Crippen LogP contribution in [0.5, 0.6) is 0 Å². The third kappa shape index (κ3) is 1.61. The molecule has 1 aromatic heterocycles. The lowest BCUT2D eigenvalue weighted by molar-refractivity contribution is 0.508. The molecule has 0 saturated carbocycles. The van der Waals surface area contributed by atoms with Crippen molar-refractivity contribution in [1.82, 2.24) is 14.8 Å². The van der Waals surface area contributed by atoms with Gasteiger partial charge >= 0.3 is 0 Å². The number of hydrogen-bond acceptors (Lipinski definition) is 2. The number of aromatic nitrogens is 3. The van der Waals surface area contributed by atoms with Crippen molar-refractivity contribution in [1.29, 1.82) is 0 Å². The van der Waals surface area contributed by atoms with Crippen LogP contribution in [0.2, 0.25) is 0 Å². The third-order valence-electron chi connectivity index (χ3n) is 1.86. The van der Waals surface area contributed by atoms with E-state index in [0.717, 1.165) is 17.0 Å². The van der Waals surface area contributed by atoms with Crippen LogP contribution >= 0.6 is 15.9 Å². The number of rotatable bonds is 2. The molecule has 62 valence electrons. The van der Waals surface area contributed by atoms with Gasteiger partial charge in [0.2, 0.25) is 0 Å². The first-order valence-corrected chi connectivity index (χ1v) is 4.53. The zero-order chi connectivity index (χ0) is 8.43. The fourth-order valence-corrected chi connectivity index (χ4v) is 1.71. The fraction of sp³-hybridized carbons (Fsp3) is 0.714. The lowest BCUT2D eigenvalue weighted by Gasteiger charge is -2.11. The molecule has 3 nitrogen and oxygen atoms in total. The highest BCUT2D eigenvalue weighted by Gasteiger charge is 2.10. The molecule has 1 unspecified atom stereocenters. The molecule has 4 heteroatoms. The maximum Gasteiger partial charge on any atom is 0.200 e. The molecule has 1 heterocycles. The summed E-state index contributed by atoms with van der Waals surface area (Å²) in [6.07, 6.45) is 1.09. The number of nitrogens with zero attached hydrogens (tertiary/aromatic N) is 3. The monoisotopic (exact) mass is 217 g/mol. The molecule has 1 aromatic rings. The van der Waals surface area contributed by atoms with Gasteiger partial charge in [0.25, 0.3) is 0 Å². The van der Waals surface area contributed by atoms with Crippen LogP contribution in [0.15, 0.2) is 4.73 Å². The molecule has 0 fully saturated rings. The van der Waals surface area contributed by atoms with Gasteiger partial charge in [-0.1, -0.05) is 6.92 Å². The van der Waals surface area contributed by atoms with Gasteiger partial charge in [-0.3, -0.25) is 0 Å². The summed E-state index contributed by atoms with van der Waals surface area (Å²) in [7, 11) is 0. The quantitative estimate of drug-likeness (QED) is 0.762. The number of aryl methyl sites for hydroxylation is 1. The summed E-state index contributed by atoms with van der Waals surface area (Å²) in [5.74, 6) is 0.964. The van der Waals surface area contributed by atoms with Crippen molar-refractivity contribution in [2.75, 3.05) is 0 Å². The van der Waals surface area contributed by atoms with Gasteiger partial charge in [0.05, 0.1) is 0 Å². The summed E-state index contributed by atoms with van der Waals surface area (Å²) in [6.45, 7) is 6.27. The Morgan fingerprint density at radius 1 is 1.55 bits per heavy atom. The summed E-state index contributed by atoms with van der Waals surface area (Å²) in [5.41, 5.74) is 0. The minimum absolute atomic E-state index is 0.472. The fourth-order valence-electron chi connectivity index (χ4n) is 1.03. The SMILES string of the molecule is CCC(C)n1c(C)nnc1Br. The Hall–Kier alpha value is -0.380. The summed E-state index contributed by atoms with van der Waals surface area (Å²) >= 11 is 3.35. The van der Waals surface area contributed by atoms with Crippen molar-refractivity contribution in [2.45, 2.75) is 33.2 Å². The largest absolute Gasteiger partial charge is 0.303 e. The summed E-state index contributed by atoms with van der Waals surface area (Å²) in [4.78, 5) is 0. The first-order chi connectivity index (χ1) is 5.16. The smallest absolute Gasteiger partial charge is 0.200 e. The van der Waals surface area contributed by atoms with Crippen LogP contribution < -0.4 is 0 Å². The molecule has 0 aromatic carbocycles. The van der Waals surface area contributed by atoms with Crippen molar-refractivity contribution in [2.24, 2.45) is 0 Å². The Morgan fingerprint density at radius 3 is 2.55 bits per heavy atom. The van der Waals surface area contributed by atoms with Crippen LogP contribution in [-0.2, 0) is 0 Å². The molecule has 0 bridgehead atoms. The van der Waals surface area contributed by atoms with E-state index in [0.29, 0.717) is 6.04 Å². The van der Waals surface area contributed by atoms with Gasteiger partial charge in [0.15, 0.2) is 4.73 Å². The Balaban J connectivity index is 3.00. The molecule has 11 heavy (non-hydrogen) atoms. The van der Waals surface area contributed by atoms with Crippen LogP contribution in [0.25, 0.3) is 0 Å². The van der Waals surface area contributed by atoms with Crippen LogP contribution in [0.3, 0.4) is 0 Å². The van der Waals surface area contributed by atoms with E-state index >= 15 is 0 Å². The molecule has 0 spiro atoms. The topological polar surface area (TPSA) is 30.7 Å². The first-order valence-electron chi connectivity index (χ1n) is 3.73. The van der Waals surface area contributed by atoms with Gasteiger partial charge in [-0.25, -0.2) is 0 Å². The predicted octanol–water partition coefficient (Wildman–Crippen LogP) is 2.32. The van der Waals surface area contributed by atoms with E-state index in [1.807, 2.05) is 6.92 Å². The minimum atomic E-state index is 0.472. The normalized spacial score (nSPS) is 13.5. The molecule has 0 N–H and O–H groups in total. The average molecular weight is 218 g/mol. The van der Waals surface area contributed by atoms with Gasteiger partial charge in [-0.15, -0.1) is 10.2 Å². The lowest BCUT2D eigenvalue weighted by atomic mass is 10.2.